The zero-order valence-electron chi connectivity index (χ0n) is 8.53. The van der Waals surface area contributed by atoms with E-state index in [-0.39, 0.29) is 5.82 Å². The Morgan fingerprint density at radius 1 is 1.53 bits per heavy atom. The summed E-state index contributed by atoms with van der Waals surface area (Å²) < 4.78 is 12.9. The quantitative estimate of drug-likeness (QED) is 0.772. The van der Waals surface area contributed by atoms with Crippen LogP contribution in [0.25, 0.3) is 6.08 Å². The van der Waals surface area contributed by atoms with E-state index in [0.29, 0.717) is 0 Å². The van der Waals surface area contributed by atoms with E-state index < -0.39 is 5.97 Å². The largest absolute Gasteiger partial charge is 0.478 e. The first-order valence-corrected chi connectivity index (χ1v) is 4.83. The lowest BCUT2D eigenvalue weighted by molar-refractivity contribution is -0.131. The van der Waals surface area contributed by atoms with Crippen molar-refractivity contribution in [2.24, 2.45) is 0 Å². The molecule has 80 valence electrons. The Balaban J connectivity index is 3.00. The van der Waals surface area contributed by atoms with Gasteiger partial charge in [-0.15, -0.1) is 0 Å². The number of carbonyl (C=O) groups is 1. The Hall–Kier alpha value is -1.64. The van der Waals surface area contributed by atoms with Crippen LogP contribution in [0.5, 0.6) is 0 Å². The standard InChI is InChI=1S/C12H13FO2/c1-2-3-10-8-11(13)6-4-9(10)5-7-12(14)15/h4-8H,2-3H2,1H3,(H,14,15). The van der Waals surface area contributed by atoms with Gasteiger partial charge in [-0.25, -0.2) is 9.18 Å². The van der Waals surface area contributed by atoms with E-state index in [1.165, 1.54) is 18.2 Å². The molecule has 15 heavy (non-hydrogen) atoms. The molecule has 0 fully saturated rings. The van der Waals surface area contributed by atoms with Crippen LogP contribution in [0, 0.1) is 5.82 Å². The molecule has 0 saturated heterocycles. The van der Waals surface area contributed by atoms with Gasteiger partial charge in [-0.3, -0.25) is 0 Å². The normalized spacial score (nSPS) is 10.8. The lowest BCUT2D eigenvalue weighted by atomic mass is 10.0. The highest BCUT2D eigenvalue weighted by molar-refractivity contribution is 5.85. The smallest absolute Gasteiger partial charge is 0.328 e. The van der Waals surface area contributed by atoms with Crippen LogP contribution in [0.4, 0.5) is 4.39 Å². The highest BCUT2D eigenvalue weighted by Crippen LogP contribution is 2.15. The maximum atomic E-state index is 12.9. The Bertz CT molecular complexity index is 383. The summed E-state index contributed by atoms with van der Waals surface area (Å²) in [4.78, 5) is 10.3. The molecule has 0 aliphatic heterocycles. The molecule has 1 aromatic carbocycles. The molecule has 0 atom stereocenters. The minimum absolute atomic E-state index is 0.286. The molecule has 0 amide bonds. The fourth-order valence-corrected chi connectivity index (χ4v) is 1.38. The summed E-state index contributed by atoms with van der Waals surface area (Å²) in [5.41, 5.74) is 1.61. The lowest BCUT2D eigenvalue weighted by Gasteiger charge is -2.04. The zero-order chi connectivity index (χ0) is 11.3. The van der Waals surface area contributed by atoms with Gasteiger partial charge in [0, 0.05) is 6.08 Å². The van der Waals surface area contributed by atoms with Crippen LogP contribution in [0.15, 0.2) is 24.3 Å². The van der Waals surface area contributed by atoms with Crippen LogP contribution in [0.3, 0.4) is 0 Å². The third-order valence-electron chi connectivity index (χ3n) is 2.03. The van der Waals surface area contributed by atoms with E-state index in [0.717, 1.165) is 30.0 Å². The molecule has 0 aliphatic rings. The minimum atomic E-state index is -0.998. The SMILES string of the molecule is CCCc1cc(F)ccc1C=CC(=O)O. The molecule has 1 aromatic rings. The summed E-state index contributed by atoms with van der Waals surface area (Å²) >= 11 is 0. The van der Waals surface area contributed by atoms with Crippen LogP contribution in [-0.2, 0) is 11.2 Å². The van der Waals surface area contributed by atoms with Crippen molar-refractivity contribution >= 4 is 12.0 Å². The van der Waals surface area contributed by atoms with Gasteiger partial charge in [0.25, 0.3) is 0 Å². The van der Waals surface area contributed by atoms with Gasteiger partial charge < -0.3 is 5.11 Å². The first-order valence-electron chi connectivity index (χ1n) is 4.83. The molecule has 2 nitrogen and oxygen atoms in total. The van der Waals surface area contributed by atoms with Gasteiger partial charge >= 0.3 is 5.97 Å². The molecule has 0 bridgehead atoms. The fourth-order valence-electron chi connectivity index (χ4n) is 1.38. The summed E-state index contributed by atoms with van der Waals surface area (Å²) in [5.74, 6) is -1.28. The van der Waals surface area contributed by atoms with Gasteiger partial charge in [0.2, 0.25) is 0 Å². The second-order valence-corrected chi connectivity index (χ2v) is 3.26. The molecule has 0 spiro atoms. The Morgan fingerprint density at radius 3 is 2.87 bits per heavy atom. The van der Waals surface area contributed by atoms with Gasteiger partial charge in [0.05, 0.1) is 0 Å². The average Bonchev–Trinajstić information content (AvgIpc) is 2.17. The fraction of sp³-hybridized carbons (Fsp3) is 0.250. The maximum absolute atomic E-state index is 12.9. The van der Waals surface area contributed by atoms with Crippen LogP contribution < -0.4 is 0 Å². The van der Waals surface area contributed by atoms with Crippen molar-refractivity contribution < 1.29 is 14.3 Å². The van der Waals surface area contributed by atoms with Crippen molar-refractivity contribution in [1.29, 1.82) is 0 Å². The van der Waals surface area contributed by atoms with Gasteiger partial charge in [-0.1, -0.05) is 19.4 Å². The minimum Gasteiger partial charge on any atom is -0.478 e. The van der Waals surface area contributed by atoms with E-state index in [4.69, 9.17) is 5.11 Å². The summed E-state index contributed by atoms with van der Waals surface area (Å²) in [6.07, 6.45) is 4.20. The number of benzene rings is 1. The third-order valence-corrected chi connectivity index (χ3v) is 2.03. The third kappa shape index (κ3) is 3.54. The number of halogens is 1. The summed E-state index contributed by atoms with van der Waals surface area (Å²) in [7, 11) is 0. The molecule has 0 radical (unpaired) electrons. The van der Waals surface area contributed by atoms with E-state index in [9.17, 15) is 9.18 Å². The predicted octanol–water partition coefficient (Wildman–Crippen LogP) is 2.88. The predicted molar refractivity (Wildman–Crippen MR) is 57.1 cm³/mol. The van der Waals surface area contributed by atoms with Crippen LogP contribution in [0.2, 0.25) is 0 Å². The summed E-state index contributed by atoms with van der Waals surface area (Å²) in [5, 5.41) is 8.49. The molecule has 0 aromatic heterocycles. The first-order chi connectivity index (χ1) is 7.13. The Kier molecular flexibility index (Phi) is 4.03. The number of hydrogen-bond acceptors (Lipinski definition) is 1. The monoisotopic (exact) mass is 208 g/mol. The molecular weight excluding hydrogens is 195 g/mol. The van der Waals surface area contributed by atoms with Crippen LogP contribution in [-0.4, -0.2) is 11.1 Å². The van der Waals surface area contributed by atoms with Crippen LogP contribution in [0.1, 0.15) is 24.5 Å². The molecule has 0 unspecified atom stereocenters. The molecule has 3 heteroatoms. The summed E-state index contributed by atoms with van der Waals surface area (Å²) in [6, 6.07) is 4.38. The number of rotatable bonds is 4. The molecule has 1 rings (SSSR count). The van der Waals surface area contributed by atoms with Gasteiger partial charge in [0.1, 0.15) is 5.82 Å². The number of carboxylic acids is 1. The second kappa shape index (κ2) is 5.29. The van der Waals surface area contributed by atoms with Crippen molar-refractivity contribution in [3.8, 4) is 0 Å². The topological polar surface area (TPSA) is 37.3 Å². The van der Waals surface area contributed by atoms with Crippen molar-refractivity contribution in [2.75, 3.05) is 0 Å². The molecular formula is C12H13FO2. The molecule has 1 N–H and O–H groups in total. The van der Waals surface area contributed by atoms with Crippen molar-refractivity contribution in [1.82, 2.24) is 0 Å². The van der Waals surface area contributed by atoms with E-state index >= 15 is 0 Å². The van der Waals surface area contributed by atoms with Crippen molar-refractivity contribution in [3.63, 3.8) is 0 Å². The van der Waals surface area contributed by atoms with E-state index in [1.54, 1.807) is 6.07 Å². The maximum Gasteiger partial charge on any atom is 0.328 e. The van der Waals surface area contributed by atoms with Crippen LogP contribution >= 0.6 is 0 Å². The second-order valence-electron chi connectivity index (χ2n) is 3.26. The Labute approximate surface area is 88.1 Å². The van der Waals surface area contributed by atoms with E-state index in [2.05, 4.69) is 0 Å². The molecule has 0 aliphatic carbocycles. The van der Waals surface area contributed by atoms with Gasteiger partial charge in [-0.05, 0) is 35.8 Å². The molecule has 0 saturated carbocycles. The van der Waals surface area contributed by atoms with E-state index in [1.807, 2.05) is 6.92 Å². The molecule has 0 heterocycles. The van der Waals surface area contributed by atoms with Crippen molar-refractivity contribution in [2.45, 2.75) is 19.8 Å². The Morgan fingerprint density at radius 2 is 2.27 bits per heavy atom. The number of aryl methyl sites for hydroxylation is 1. The lowest BCUT2D eigenvalue weighted by Crippen LogP contribution is -1.92. The van der Waals surface area contributed by atoms with Gasteiger partial charge in [-0.2, -0.15) is 0 Å². The average molecular weight is 208 g/mol. The summed E-state index contributed by atoms with van der Waals surface area (Å²) in [6.45, 7) is 2.00. The first kappa shape index (κ1) is 11.4. The number of hydrogen-bond donors (Lipinski definition) is 1. The highest BCUT2D eigenvalue weighted by Gasteiger charge is 2.01. The highest BCUT2D eigenvalue weighted by atomic mass is 19.1. The number of carboxylic acid groups (broad SMARTS) is 1. The number of aliphatic carboxylic acids is 1. The van der Waals surface area contributed by atoms with Crippen molar-refractivity contribution in [3.05, 3.63) is 41.2 Å². The zero-order valence-corrected chi connectivity index (χ0v) is 8.53. The van der Waals surface area contributed by atoms with Gasteiger partial charge in [0.15, 0.2) is 0 Å².